The van der Waals surface area contributed by atoms with Crippen molar-refractivity contribution in [2.75, 3.05) is 0 Å². The first-order valence-corrected chi connectivity index (χ1v) is 14.3. The molecule has 0 saturated carbocycles. The van der Waals surface area contributed by atoms with Crippen molar-refractivity contribution >= 4 is 41.8 Å². The number of benzene rings is 1. The molecule has 0 radical (unpaired) electrons. The Labute approximate surface area is 175 Å². The molecule has 0 spiro atoms. The van der Waals surface area contributed by atoms with Crippen LogP contribution in [0.25, 0.3) is 6.08 Å². The highest BCUT2D eigenvalue weighted by Crippen LogP contribution is 2.53. The maximum absolute atomic E-state index is 3.70. The topological polar surface area (TPSA) is 0 Å². The molecule has 3 aliphatic carbocycles. The van der Waals surface area contributed by atoms with Gasteiger partial charge in [0.15, 0.2) is 0 Å². The standard InChI is InChI=1S/C24H23BrSSi/c1-14-11-18-15(2)19-13-23(25)26-21(19)12-20(18)24(14)27(3,4)22-10-9-16-7-5-6-8-17(16)22/h5-13,21-22H,1-4H3. The molecule has 2 unspecified atom stereocenters. The summed E-state index contributed by atoms with van der Waals surface area (Å²) < 4.78 is 1.26. The highest BCUT2D eigenvalue weighted by atomic mass is 79.9. The van der Waals surface area contributed by atoms with Crippen molar-refractivity contribution in [3.63, 3.8) is 0 Å². The summed E-state index contributed by atoms with van der Waals surface area (Å²) in [4.78, 5) is 0. The molecule has 1 aromatic rings. The predicted molar refractivity (Wildman–Crippen MR) is 126 cm³/mol. The SMILES string of the molecule is CC1=C([Si](C)(C)C2C=Cc3ccccc32)C2=CC3SC(Br)=CC3=C(C)C2=C1. The lowest BCUT2D eigenvalue weighted by molar-refractivity contribution is 1.14. The summed E-state index contributed by atoms with van der Waals surface area (Å²) in [7, 11) is -1.74. The molecule has 4 aliphatic rings. The summed E-state index contributed by atoms with van der Waals surface area (Å²) >= 11 is 5.63. The third-order valence-corrected chi connectivity index (χ3v) is 12.3. The molecule has 5 rings (SSSR count). The van der Waals surface area contributed by atoms with Gasteiger partial charge in [-0.3, -0.25) is 0 Å². The zero-order valence-electron chi connectivity index (χ0n) is 16.1. The summed E-state index contributed by atoms with van der Waals surface area (Å²) in [6, 6.07) is 8.94. The number of rotatable bonds is 2. The fourth-order valence-electron chi connectivity index (χ4n) is 5.26. The van der Waals surface area contributed by atoms with Crippen LogP contribution in [-0.2, 0) is 0 Å². The molecule has 1 heterocycles. The number of fused-ring (bicyclic) bond motifs is 3. The second-order valence-corrected chi connectivity index (χ2v) is 15.6. The number of halogens is 1. The van der Waals surface area contributed by atoms with E-state index < -0.39 is 8.07 Å². The summed E-state index contributed by atoms with van der Waals surface area (Å²) in [5.74, 6) is 0. The highest BCUT2D eigenvalue weighted by molar-refractivity contribution is 9.14. The first kappa shape index (κ1) is 17.8. The predicted octanol–water partition coefficient (Wildman–Crippen LogP) is 7.45. The maximum Gasteiger partial charge on any atom is 0.0931 e. The van der Waals surface area contributed by atoms with Crippen molar-refractivity contribution in [1.82, 2.24) is 0 Å². The van der Waals surface area contributed by atoms with Crippen molar-refractivity contribution < 1.29 is 0 Å². The molecule has 27 heavy (non-hydrogen) atoms. The van der Waals surface area contributed by atoms with Crippen LogP contribution in [0.5, 0.6) is 0 Å². The average Bonchev–Trinajstić information content (AvgIpc) is 3.29. The van der Waals surface area contributed by atoms with Crippen LogP contribution in [0.2, 0.25) is 13.1 Å². The van der Waals surface area contributed by atoms with E-state index in [1.165, 1.54) is 42.8 Å². The van der Waals surface area contributed by atoms with Gasteiger partial charge in [0, 0.05) is 5.54 Å². The second kappa shape index (κ2) is 6.10. The van der Waals surface area contributed by atoms with E-state index >= 15 is 0 Å². The minimum atomic E-state index is -1.74. The average molecular weight is 452 g/mol. The monoisotopic (exact) mass is 450 g/mol. The summed E-state index contributed by atoms with van der Waals surface area (Å²) in [6.07, 6.45) is 12.1. The molecule has 0 N–H and O–H groups in total. The van der Waals surface area contributed by atoms with E-state index in [1.807, 2.05) is 11.8 Å². The van der Waals surface area contributed by atoms with E-state index in [4.69, 9.17) is 0 Å². The van der Waals surface area contributed by atoms with E-state index in [9.17, 15) is 0 Å². The van der Waals surface area contributed by atoms with Gasteiger partial charge < -0.3 is 0 Å². The molecule has 3 heteroatoms. The second-order valence-electron chi connectivity index (χ2n) is 8.45. The Balaban J connectivity index is 1.59. The van der Waals surface area contributed by atoms with Crippen molar-refractivity contribution in [3.8, 4) is 0 Å². The number of hydrogen-bond donors (Lipinski definition) is 0. The Morgan fingerprint density at radius 1 is 1.04 bits per heavy atom. The van der Waals surface area contributed by atoms with Crippen LogP contribution >= 0.6 is 27.7 Å². The van der Waals surface area contributed by atoms with Crippen LogP contribution < -0.4 is 0 Å². The van der Waals surface area contributed by atoms with Crippen molar-refractivity contribution in [2.45, 2.75) is 37.7 Å². The highest BCUT2D eigenvalue weighted by Gasteiger charge is 2.43. The van der Waals surface area contributed by atoms with Gasteiger partial charge in [-0.1, -0.05) is 67.2 Å². The Kier molecular flexibility index (Phi) is 4.02. The fourth-order valence-corrected chi connectivity index (χ4v) is 11.1. The third-order valence-electron chi connectivity index (χ3n) is 6.51. The van der Waals surface area contributed by atoms with E-state index in [2.05, 4.69) is 97.5 Å². The lowest BCUT2D eigenvalue weighted by Gasteiger charge is -2.35. The van der Waals surface area contributed by atoms with Gasteiger partial charge in [-0.05, 0) is 74.5 Å². The molecular formula is C24H23BrSSi. The molecule has 0 bridgehead atoms. The normalized spacial score (nSPS) is 26.0. The van der Waals surface area contributed by atoms with Gasteiger partial charge in [0.05, 0.1) is 17.1 Å². The Bertz CT molecular complexity index is 1060. The molecule has 2 atom stereocenters. The van der Waals surface area contributed by atoms with Gasteiger partial charge in [-0.15, -0.1) is 11.8 Å². The Morgan fingerprint density at radius 2 is 1.81 bits per heavy atom. The van der Waals surface area contributed by atoms with Crippen LogP contribution in [0.3, 0.4) is 0 Å². The molecular weight excluding hydrogens is 428 g/mol. The molecule has 1 aromatic carbocycles. The minimum absolute atomic E-state index is 0.462. The Morgan fingerprint density at radius 3 is 2.63 bits per heavy atom. The molecule has 0 fully saturated rings. The van der Waals surface area contributed by atoms with Gasteiger partial charge in [-0.25, -0.2) is 0 Å². The van der Waals surface area contributed by atoms with Crippen molar-refractivity contribution in [3.05, 3.63) is 96.6 Å². The molecule has 0 amide bonds. The van der Waals surface area contributed by atoms with Crippen molar-refractivity contribution in [1.29, 1.82) is 0 Å². The quantitative estimate of drug-likeness (QED) is 0.421. The largest absolute Gasteiger partial charge is 0.106 e. The van der Waals surface area contributed by atoms with Crippen LogP contribution in [0.15, 0.2) is 85.4 Å². The van der Waals surface area contributed by atoms with Gasteiger partial charge in [0.1, 0.15) is 0 Å². The lowest BCUT2D eigenvalue weighted by Crippen LogP contribution is -2.38. The Hall–Kier alpha value is -1.29. The van der Waals surface area contributed by atoms with E-state index in [0.717, 1.165) is 0 Å². The smallest absolute Gasteiger partial charge is 0.0931 e. The zero-order chi connectivity index (χ0) is 18.9. The molecule has 1 aliphatic heterocycles. The number of thioether (sulfide) groups is 1. The molecule has 0 nitrogen and oxygen atoms in total. The molecule has 0 saturated heterocycles. The summed E-state index contributed by atoms with van der Waals surface area (Å²) in [6.45, 7) is 9.75. The van der Waals surface area contributed by atoms with E-state index in [-0.39, 0.29) is 0 Å². The lowest BCUT2D eigenvalue weighted by atomic mass is 9.89. The van der Waals surface area contributed by atoms with Gasteiger partial charge in [0.2, 0.25) is 0 Å². The first-order chi connectivity index (χ1) is 12.9. The number of hydrogen-bond acceptors (Lipinski definition) is 1. The summed E-state index contributed by atoms with van der Waals surface area (Å²) in [5.41, 5.74) is 10.9. The third kappa shape index (κ3) is 2.55. The van der Waals surface area contributed by atoms with Gasteiger partial charge >= 0.3 is 0 Å². The van der Waals surface area contributed by atoms with Crippen LogP contribution in [-0.4, -0.2) is 13.3 Å². The molecule has 136 valence electrons. The maximum atomic E-state index is 3.70. The minimum Gasteiger partial charge on any atom is -0.106 e. The van der Waals surface area contributed by atoms with Crippen molar-refractivity contribution in [2.24, 2.45) is 0 Å². The van der Waals surface area contributed by atoms with E-state index in [0.29, 0.717) is 10.8 Å². The first-order valence-electron chi connectivity index (χ1n) is 9.55. The van der Waals surface area contributed by atoms with Crippen LogP contribution in [0.1, 0.15) is 30.5 Å². The van der Waals surface area contributed by atoms with Crippen LogP contribution in [0.4, 0.5) is 0 Å². The molecule has 0 aromatic heterocycles. The summed E-state index contributed by atoms with van der Waals surface area (Å²) in [5, 5.41) is 2.12. The zero-order valence-corrected chi connectivity index (χ0v) is 19.5. The number of allylic oxidation sites excluding steroid dienone is 8. The van der Waals surface area contributed by atoms with Gasteiger partial charge in [-0.2, -0.15) is 0 Å². The van der Waals surface area contributed by atoms with E-state index in [1.54, 1.807) is 5.20 Å². The van der Waals surface area contributed by atoms with Gasteiger partial charge in [0.25, 0.3) is 0 Å². The van der Waals surface area contributed by atoms with Crippen LogP contribution in [0, 0.1) is 0 Å². The fraction of sp³-hybridized carbons (Fsp3) is 0.250.